The molecule has 1 spiro atoms. The van der Waals surface area contributed by atoms with Crippen LogP contribution < -0.4 is 5.73 Å². The average Bonchev–Trinajstić information content (AvgIpc) is 3.03. The lowest BCUT2D eigenvalue weighted by atomic mass is 9.79. The molecule has 0 aromatic heterocycles. The lowest BCUT2D eigenvalue weighted by Crippen LogP contribution is -2.45. The van der Waals surface area contributed by atoms with Gasteiger partial charge >= 0.3 is 0 Å². The van der Waals surface area contributed by atoms with E-state index in [1.54, 1.807) is 0 Å². The van der Waals surface area contributed by atoms with Gasteiger partial charge in [0.15, 0.2) is 0 Å². The van der Waals surface area contributed by atoms with Gasteiger partial charge in [0.25, 0.3) is 0 Å². The molecule has 3 rings (SSSR count). The molecule has 1 aromatic carbocycles. The monoisotopic (exact) mass is 371 g/mol. The molecule has 0 saturated carbocycles. The molecular weight excluding hydrogens is 338 g/mol. The first-order valence-corrected chi connectivity index (χ1v) is 10.2. The van der Waals surface area contributed by atoms with E-state index in [1.807, 2.05) is 4.90 Å². The summed E-state index contributed by atoms with van der Waals surface area (Å²) >= 11 is 0. The van der Waals surface area contributed by atoms with E-state index in [9.17, 15) is 9.59 Å². The summed E-state index contributed by atoms with van der Waals surface area (Å²) in [4.78, 5) is 27.8. The molecule has 2 aliphatic heterocycles. The Hall–Kier alpha value is -1.88. The molecule has 2 amide bonds. The van der Waals surface area contributed by atoms with Gasteiger partial charge in [0, 0.05) is 44.4 Å². The van der Waals surface area contributed by atoms with Crippen LogP contribution in [0.1, 0.15) is 63.0 Å². The van der Waals surface area contributed by atoms with Crippen LogP contribution in [0.4, 0.5) is 0 Å². The van der Waals surface area contributed by atoms with Gasteiger partial charge in [0.05, 0.1) is 0 Å². The van der Waals surface area contributed by atoms with Gasteiger partial charge in [-0.2, -0.15) is 0 Å². The maximum absolute atomic E-state index is 12.3. The molecular formula is C22H33N3O2. The highest BCUT2D eigenvalue weighted by atomic mass is 16.2. The summed E-state index contributed by atoms with van der Waals surface area (Å²) in [6.07, 6.45) is 3.85. The summed E-state index contributed by atoms with van der Waals surface area (Å²) in [6, 6.07) is 9.00. The van der Waals surface area contributed by atoms with E-state index in [0.29, 0.717) is 5.92 Å². The van der Waals surface area contributed by atoms with Crippen molar-refractivity contribution >= 4 is 11.8 Å². The number of rotatable bonds is 6. The first-order valence-electron chi connectivity index (χ1n) is 10.2. The van der Waals surface area contributed by atoms with Gasteiger partial charge in [-0.3, -0.25) is 14.5 Å². The molecule has 0 aliphatic carbocycles. The van der Waals surface area contributed by atoms with Crippen LogP contribution >= 0.6 is 0 Å². The number of amides is 2. The van der Waals surface area contributed by atoms with Gasteiger partial charge in [-0.1, -0.05) is 38.1 Å². The summed E-state index contributed by atoms with van der Waals surface area (Å²) < 4.78 is 0. The maximum atomic E-state index is 12.3. The predicted molar refractivity (Wildman–Crippen MR) is 107 cm³/mol. The van der Waals surface area contributed by atoms with Gasteiger partial charge in [-0.15, -0.1) is 0 Å². The van der Waals surface area contributed by atoms with Crippen LogP contribution in [0.2, 0.25) is 0 Å². The smallest absolute Gasteiger partial charge is 0.223 e. The second-order valence-corrected chi connectivity index (χ2v) is 8.74. The zero-order valence-electron chi connectivity index (χ0n) is 16.7. The standard InChI is InChI=1S/C22H33N3O2/c1-17(2)19-6-4-18(5-7-19)14-24-12-3-10-22(15-24)11-13-25(16-22)21(27)9-8-20(23)26/h4-7,17H,3,8-16H2,1-2H3,(H2,23,26). The van der Waals surface area contributed by atoms with E-state index in [1.165, 1.54) is 24.0 Å². The van der Waals surface area contributed by atoms with Gasteiger partial charge in [0.2, 0.25) is 11.8 Å². The normalized spacial score (nSPS) is 23.3. The number of carbonyl (C=O) groups is 2. The topological polar surface area (TPSA) is 66.6 Å². The molecule has 5 nitrogen and oxygen atoms in total. The highest BCUT2D eigenvalue weighted by Crippen LogP contribution is 2.39. The molecule has 1 atom stereocenters. The number of hydrogen-bond acceptors (Lipinski definition) is 3. The molecule has 1 aromatic rings. The second-order valence-electron chi connectivity index (χ2n) is 8.74. The van der Waals surface area contributed by atoms with Crippen LogP contribution in [0.25, 0.3) is 0 Å². The number of benzene rings is 1. The van der Waals surface area contributed by atoms with Crippen molar-refractivity contribution in [1.29, 1.82) is 0 Å². The Morgan fingerprint density at radius 3 is 2.48 bits per heavy atom. The number of piperidine rings is 1. The summed E-state index contributed by atoms with van der Waals surface area (Å²) in [6.45, 7) is 9.25. The molecule has 2 aliphatic rings. The Balaban J connectivity index is 1.56. The van der Waals surface area contributed by atoms with E-state index in [4.69, 9.17) is 5.73 Å². The third-order valence-corrected chi connectivity index (χ3v) is 6.17. The van der Waals surface area contributed by atoms with Gasteiger partial charge in [-0.25, -0.2) is 0 Å². The fourth-order valence-corrected chi connectivity index (χ4v) is 4.58. The van der Waals surface area contributed by atoms with Crippen molar-refractivity contribution in [2.24, 2.45) is 11.1 Å². The zero-order valence-corrected chi connectivity index (χ0v) is 16.7. The first kappa shape index (κ1) is 19.9. The quantitative estimate of drug-likeness (QED) is 0.836. The van der Waals surface area contributed by atoms with Crippen LogP contribution in [0.3, 0.4) is 0 Å². The molecule has 0 bridgehead atoms. The third-order valence-electron chi connectivity index (χ3n) is 6.17. The summed E-state index contributed by atoms with van der Waals surface area (Å²) in [5, 5.41) is 0. The number of hydrogen-bond donors (Lipinski definition) is 1. The second kappa shape index (κ2) is 8.42. The molecule has 1 unspecified atom stereocenters. The highest BCUT2D eigenvalue weighted by molar-refractivity contribution is 5.83. The molecule has 2 saturated heterocycles. The van der Waals surface area contributed by atoms with Crippen LogP contribution in [-0.4, -0.2) is 47.8 Å². The van der Waals surface area contributed by atoms with Gasteiger partial charge in [-0.05, 0) is 42.9 Å². The van der Waals surface area contributed by atoms with Crippen LogP contribution in [-0.2, 0) is 16.1 Å². The SMILES string of the molecule is CC(C)c1ccc(CN2CCCC3(CCN(C(=O)CCC(N)=O)C3)C2)cc1. The number of likely N-dealkylation sites (tertiary alicyclic amines) is 2. The largest absolute Gasteiger partial charge is 0.370 e. The lowest BCUT2D eigenvalue weighted by molar-refractivity contribution is -0.132. The van der Waals surface area contributed by atoms with Gasteiger partial charge in [0.1, 0.15) is 0 Å². The minimum atomic E-state index is -0.399. The van der Waals surface area contributed by atoms with Crippen molar-refractivity contribution in [2.75, 3.05) is 26.2 Å². The van der Waals surface area contributed by atoms with E-state index in [2.05, 4.69) is 43.0 Å². The fourth-order valence-electron chi connectivity index (χ4n) is 4.58. The zero-order chi connectivity index (χ0) is 19.4. The maximum Gasteiger partial charge on any atom is 0.223 e. The van der Waals surface area contributed by atoms with E-state index in [-0.39, 0.29) is 24.2 Å². The Morgan fingerprint density at radius 1 is 1.07 bits per heavy atom. The van der Waals surface area contributed by atoms with E-state index >= 15 is 0 Å². The minimum absolute atomic E-state index is 0.0760. The van der Waals surface area contributed by atoms with Crippen molar-refractivity contribution < 1.29 is 9.59 Å². The summed E-state index contributed by atoms with van der Waals surface area (Å²) in [7, 11) is 0. The Kier molecular flexibility index (Phi) is 6.20. The number of nitrogens with zero attached hydrogens (tertiary/aromatic N) is 2. The van der Waals surface area contributed by atoms with Crippen molar-refractivity contribution in [3.63, 3.8) is 0 Å². The number of primary amides is 1. The Morgan fingerprint density at radius 2 is 1.81 bits per heavy atom. The molecule has 2 N–H and O–H groups in total. The van der Waals surface area contributed by atoms with Crippen molar-refractivity contribution in [3.8, 4) is 0 Å². The van der Waals surface area contributed by atoms with E-state index in [0.717, 1.165) is 39.1 Å². The number of nitrogens with two attached hydrogens (primary N) is 1. The van der Waals surface area contributed by atoms with Crippen molar-refractivity contribution in [1.82, 2.24) is 9.80 Å². The molecule has 0 radical (unpaired) electrons. The molecule has 2 fully saturated rings. The minimum Gasteiger partial charge on any atom is -0.370 e. The first-order chi connectivity index (χ1) is 12.9. The van der Waals surface area contributed by atoms with Crippen molar-refractivity contribution in [3.05, 3.63) is 35.4 Å². The fraction of sp³-hybridized carbons (Fsp3) is 0.636. The van der Waals surface area contributed by atoms with Crippen LogP contribution in [0.5, 0.6) is 0 Å². The third kappa shape index (κ3) is 5.10. The lowest BCUT2D eigenvalue weighted by Gasteiger charge is -2.40. The van der Waals surface area contributed by atoms with Crippen LogP contribution in [0, 0.1) is 5.41 Å². The predicted octanol–water partition coefficient (Wildman–Crippen LogP) is 2.89. The average molecular weight is 372 g/mol. The molecule has 5 heteroatoms. The summed E-state index contributed by atoms with van der Waals surface area (Å²) in [5.41, 5.74) is 8.15. The Labute approximate surface area is 162 Å². The van der Waals surface area contributed by atoms with Crippen LogP contribution in [0.15, 0.2) is 24.3 Å². The molecule has 27 heavy (non-hydrogen) atoms. The Bertz CT molecular complexity index is 671. The number of carbonyl (C=O) groups excluding carboxylic acids is 2. The highest BCUT2D eigenvalue weighted by Gasteiger charge is 2.42. The van der Waals surface area contributed by atoms with Crippen molar-refractivity contribution in [2.45, 2.75) is 58.4 Å². The van der Waals surface area contributed by atoms with E-state index < -0.39 is 5.91 Å². The molecule has 2 heterocycles. The molecule has 148 valence electrons. The van der Waals surface area contributed by atoms with Gasteiger partial charge < -0.3 is 10.6 Å². The summed E-state index contributed by atoms with van der Waals surface area (Å²) in [5.74, 6) is 0.241.